The van der Waals surface area contributed by atoms with Crippen molar-refractivity contribution in [3.8, 4) is 11.8 Å². The van der Waals surface area contributed by atoms with E-state index in [1.807, 2.05) is 99.6 Å². The average Bonchev–Trinajstić information content (AvgIpc) is 3.47. The monoisotopic (exact) mass is 634 g/mol. The largest absolute Gasteiger partial charge is 0.473 e. The molecule has 244 valence electrons. The summed E-state index contributed by atoms with van der Waals surface area (Å²) in [6.45, 7) is 8.72. The summed E-state index contributed by atoms with van der Waals surface area (Å²) in [4.78, 5) is 36.3. The number of urea groups is 1. The van der Waals surface area contributed by atoms with Gasteiger partial charge in [0.05, 0.1) is 0 Å². The topological polar surface area (TPSA) is 84.4 Å². The highest BCUT2D eigenvalue weighted by Crippen LogP contribution is 2.35. The minimum absolute atomic E-state index is 0.132. The Bertz CT molecular complexity index is 1650. The molecule has 2 saturated heterocycles. The van der Waals surface area contributed by atoms with Crippen LogP contribution in [-0.2, 0) is 18.0 Å². The number of piperidine rings is 1. The molecule has 3 amide bonds. The number of aromatic nitrogens is 1. The number of hydrogen-bond donors (Lipinski definition) is 0. The lowest BCUT2D eigenvalue weighted by Crippen LogP contribution is -2.41. The smallest absolute Gasteiger partial charge is 0.410 e. The number of anilines is 2. The number of carbonyl (C=O) groups excluding carboxylic acids is 2. The van der Waals surface area contributed by atoms with Gasteiger partial charge in [0.2, 0.25) is 11.8 Å². The van der Waals surface area contributed by atoms with Crippen LogP contribution in [0, 0.1) is 0 Å². The first-order valence-corrected chi connectivity index (χ1v) is 16.2. The Kier molecular flexibility index (Phi) is 9.61. The number of ether oxygens (including phenoxy) is 3. The van der Waals surface area contributed by atoms with Gasteiger partial charge in [0.1, 0.15) is 24.5 Å². The first-order chi connectivity index (χ1) is 22.7. The van der Waals surface area contributed by atoms with Gasteiger partial charge in [-0.3, -0.25) is 9.80 Å². The highest BCUT2D eigenvalue weighted by atomic mass is 16.6. The van der Waals surface area contributed by atoms with Crippen LogP contribution in [0.15, 0.2) is 97.1 Å². The second-order valence-electron chi connectivity index (χ2n) is 12.9. The van der Waals surface area contributed by atoms with E-state index in [0.717, 1.165) is 29.7 Å². The summed E-state index contributed by atoms with van der Waals surface area (Å²) in [5, 5.41) is 0. The maximum absolute atomic E-state index is 13.8. The molecule has 3 heterocycles. The maximum atomic E-state index is 13.8. The molecule has 0 N–H and O–H groups in total. The van der Waals surface area contributed by atoms with E-state index in [9.17, 15) is 9.59 Å². The normalized spacial score (nSPS) is 15.6. The Morgan fingerprint density at radius 2 is 1.34 bits per heavy atom. The molecular formula is C38H42N4O5. The van der Waals surface area contributed by atoms with E-state index in [-0.39, 0.29) is 12.1 Å². The van der Waals surface area contributed by atoms with Gasteiger partial charge in [-0.25, -0.2) is 9.59 Å². The fourth-order valence-corrected chi connectivity index (χ4v) is 5.91. The second kappa shape index (κ2) is 14.2. The van der Waals surface area contributed by atoms with Crippen molar-refractivity contribution in [3.63, 3.8) is 0 Å². The number of amides is 3. The van der Waals surface area contributed by atoms with Crippen LogP contribution >= 0.6 is 0 Å². The zero-order valence-corrected chi connectivity index (χ0v) is 27.3. The van der Waals surface area contributed by atoms with E-state index in [2.05, 4.69) is 17.1 Å². The molecule has 47 heavy (non-hydrogen) atoms. The minimum Gasteiger partial charge on any atom is -0.473 e. The summed E-state index contributed by atoms with van der Waals surface area (Å²) < 4.78 is 17.7. The predicted octanol–water partition coefficient (Wildman–Crippen LogP) is 7.80. The van der Waals surface area contributed by atoms with Crippen LogP contribution in [0.2, 0.25) is 0 Å². The molecule has 0 bridgehead atoms. The van der Waals surface area contributed by atoms with Crippen LogP contribution in [0.5, 0.6) is 11.8 Å². The standard InChI is InChI=1S/C38H42N4O5/c1-38(2,3)47-37(44)40-22-20-31(21-23-40)30-14-16-32(17-15-30)41-24-25-42(36(41)43)33-18-19-34(45-26-28-10-6-4-7-11-28)39-35(33)46-27-29-12-8-5-9-13-29/h4-19,31H,20-27H2,1-3H3. The van der Waals surface area contributed by atoms with E-state index in [0.29, 0.717) is 62.8 Å². The molecule has 2 aliphatic rings. The lowest BCUT2D eigenvalue weighted by Gasteiger charge is -2.33. The van der Waals surface area contributed by atoms with Crippen molar-refractivity contribution in [2.45, 2.75) is 58.3 Å². The summed E-state index contributed by atoms with van der Waals surface area (Å²) in [6, 6.07) is 31.5. The van der Waals surface area contributed by atoms with Gasteiger partial charge < -0.3 is 19.1 Å². The third-order valence-corrected chi connectivity index (χ3v) is 8.39. The van der Waals surface area contributed by atoms with Crippen molar-refractivity contribution in [3.05, 3.63) is 114 Å². The number of hydrogen-bond acceptors (Lipinski definition) is 6. The van der Waals surface area contributed by atoms with Crippen molar-refractivity contribution < 1.29 is 23.8 Å². The quantitative estimate of drug-likeness (QED) is 0.187. The zero-order chi connectivity index (χ0) is 32.8. The molecule has 9 nitrogen and oxygen atoms in total. The third kappa shape index (κ3) is 8.03. The first-order valence-electron chi connectivity index (χ1n) is 16.2. The van der Waals surface area contributed by atoms with E-state index in [1.165, 1.54) is 5.56 Å². The van der Waals surface area contributed by atoms with E-state index in [1.54, 1.807) is 20.8 Å². The van der Waals surface area contributed by atoms with Crippen LogP contribution < -0.4 is 19.3 Å². The number of pyridine rings is 1. The van der Waals surface area contributed by atoms with Gasteiger partial charge in [0, 0.05) is 37.9 Å². The summed E-state index contributed by atoms with van der Waals surface area (Å²) in [6.07, 6.45) is 1.50. The summed E-state index contributed by atoms with van der Waals surface area (Å²) >= 11 is 0. The van der Waals surface area contributed by atoms with E-state index in [4.69, 9.17) is 14.2 Å². The third-order valence-electron chi connectivity index (χ3n) is 8.39. The lowest BCUT2D eigenvalue weighted by atomic mass is 9.89. The zero-order valence-electron chi connectivity index (χ0n) is 27.3. The van der Waals surface area contributed by atoms with Crippen LogP contribution in [-0.4, -0.2) is 53.8 Å². The molecule has 2 fully saturated rings. The highest BCUT2D eigenvalue weighted by Gasteiger charge is 2.34. The molecule has 0 aliphatic carbocycles. The van der Waals surface area contributed by atoms with Crippen LogP contribution in [0.4, 0.5) is 21.0 Å². The molecule has 3 aromatic carbocycles. The molecule has 2 aliphatic heterocycles. The first kappa shape index (κ1) is 31.9. The summed E-state index contributed by atoms with van der Waals surface area (Å²) in [5.41, 5.74) is 4.20. The molecule has 0 saturated carbocycles. The van der Waals surface area contributed by atoms with Crippen molar-refractivity contribution in [2.75, 3.05) is 36.0 Å². The molecule has 4 aromatic rings. The minimum atomic E-state index is -0.500. The molecule has 0 spiro atoms. The van der Waals surface area contributed by atoms with Crippen molar-refractivity contribution in [1.82, 2.24) is 9.88 Å². The van der Waals surface area contributed by atoms with Gasteiger partial charge in [-0.15, -0.1) is 0 Å². The fourth-order valence-electron chi connectivity index (χ4n) is 5.91. The van der Waals surface area contributed by atoms with Crippen molar-refractivity contribution >= 4 is 23.5 Å². The Balaban J connectivity index is 1.12. The Morgan fingerprint density at radius 3 is 1.96 bits per heavy atom. The van der Waals surface area contributed by atoms with Gasteiger partial charge in [-0.2, -0.15) is 4.98 Å². The molecular weight excluding hydrogens is 592 g/mol. The number of benzene rings is 3. The fraction of sp³-hybridized carbons (Fsp3) is 0.342. The highest BCUT2D eigenvalue weighted by molar-refractivity contribution is 6.06. The lowest BCUT2D eigenvalue weighted by molar-refractivity contribution is 0.0205. The maximum Gasteiger partial charge on any atom is 0.410 e. The average molecular weight is 635 g/mol. The number of nitrogens with zero attached hydrogens (tertiary/aromatic N) is 4. The number of carbonyl (C=O) groups is 2. The summed E-state index contributed by atoms with van der Waals surface area (Å²) in [7, 11) is 0. The Morgan fingerprint density at radius 1 is 0.745 bits per heavy atom. The number of likely N-dealkylation sites (tertiary alicyclic amines) is 1. The van der Waals surface area contributed by atoms with Gasteiger partial charge in [-0.1, -0.05) is 72.8 Å². The van der Waals surface area contributed by atoms with Crippen molar-refractivity contribution in [1.29, 1.82) is 0 Å². The summed E-state index contributed by atoms with van der Waals surface area (Å²) in [5.74, 6) is 1.13. The molecule has 0 radical (unpaired) electrons. The Labute approximate surface area is 276 Å². The Hall–Kier alpha value is -5.05. The van der Waals surface area contributed by atoms with Crippen LogP contribution in [0.25, 0.3) is 0 Å². The van der Waals surface area contributed by atoms with Crippen LogP contribution in [0.3, 0.4) is 0 Å². The van der Waals surface area contributed by atoms with Gasteiger partial charge in [-0.05, 0) is 74.4 Å². The van der Waals surface area contributed by atoms with Crippen LogP contribution in [0.1, 0.15) is 56.2 Å². The van der Waals surface area contributed by atoms with Crippen molar-refractivity contribution in [2.24, 2.45) is 0 Å². The second-order valence-corrected chi connectivity index (χ2v) is 12.9. The predicted molar refractivity (Wildman–Crippen MR) is 182 cm³/mol. The van der Waals surface area contributed by atoms with Gasteiger partial charge >= 0.3 is 12.1 Å². The SMILES string of the molecule is CC(C)(C)OC(=O)N1CCC(c2ccc(N3CCN(c4ccc(OCc5ccccc5)nc4OCc4ccccc4)C3=O)cc2)CC1. The van der Waals surface area contributed by atoms with Gasteiger partial charge in [0.25, 0.3) is 0 Å². The number of rotatable bonds is 9. The molecule has 0 unspecified atom stereocenters. The molecule has 6 rings (SSSR count). The van der Waals surface area contributed by atoms with Gasteiger partial charge in [0.15, 0.2) is 0 Å². The molecule has 0 atom stereocenters. The molecule has 1 aromatic heterocycles. The molecule has 9 heteroatoms. The van der Waals surface area contributed by atoms with E-state index < -0.39 is 5.60 Å². The van der Waals surface area contributed by atoms with E-state index >= 15 is 0 Å².